The fraction of sp³-hybridized carbons (Fsp3) is 0.480. The third kappa shape index (κ3) is 5.57. The van der Waals surface area contributed by atoms with Crippen LogP contribution >= 0.6 is 0 Å². The third-order valence-corrected chi connectivity index (χ3v) is 8.24. The minimum Gasteiger partial charge on any atom is -0.379 e. The van der Waals surface area contributed by atoms with E-state index in [4.69, 9.17) is 4.74 Å². The Labute approximate surface area is 196 Å². The Bertz CT molecular complexity index is 1060. The van der Waals surface area contributed by atoms with Crippen molar-refractivity contribution in [2.45, 2.75) is 49.5 Å². The van der Waals surface area contributed by atoms with Gasteiger partial charge in [0.2, 0.25) is 0 Å². The predicted octanol–water partition coefficient (Wildman–Crippen LogP) is 3.56. The molecule has 2 N–H and O–H groups in total. The van der Waals surface area contributed by atoms with Crippen molar-refractivity contribution in [3.63, 3.8) is 0 Å². The lowest BCUT2D eigenvalue weighted by molar-refractivity contribution is -0.0361. The van der Waals surface area contributed by atoms with E-state index in [2.05, 4.69) is 14.9 Å². The molecule has 8 heteroatoms. The van der Waals surface area contributed by atoms with Crippen molar-refractivity contribution >= 4 is 21.6 Å². The molecule has 0 aromatic heterocycles. The topological polar surface area (TPSA) is 87.7 Å². The van der Waals surface area contributed by atoms with Crippen molar-refractivity contribution in [3.8, 4) is 0 Å². The van der Waals surface area contributed by atoms with Gasteiger partial charge in [0.05, 0.1) is 23.8 Å². The van der Waals surface area contributed by atoms with Gasteiger partial charge in [-0.25, -0.2) is 8.42 Å². The summed E-state index contributed by atoms with van der Waals surface area (Å²) in [6, 6.07) is 13.3. The van der Waals surface area contributed by atoms with E-state index in [-0.39, 0.29) is 16.3 Å². The second kappa shape index (κ2) is 10.2. The van der Waals surface area contributed by atoms with E-state index in [9.17, 15) is 13.2 Å². The zero-order valence-corrected chi connectivity index (χ0v) is 20.0. The lowest BCUT2D eigenvalue weighted by Crippen LogP contribution is -2.59. The number of nitrogens with zero attached hydrogens (tertiary/aromatic N) is 1. The van der Waals surface area contributed by atoms with Gasteiger partial charge in [0.15, 0.2) is 0 Å². The number of sulfonamides is 1. The monoisotopic (exact) mass is 471 g/mol. The molecule has 2 aromatic rings. The number of benzene rings is 2. The quantitative estimate of drug-likeness (QED) is 0.645. The summed E-state index contributed by atoms with van der Waals surface area (Å²) in [6.07, 6.45) is 5.75. The average Bonchev–Trinajstić information content (AvgIpc) is 2.85. The highest BCUT2D eigenvalue weighted by atomic mass is 32.2. The van der Waals surface area contributed by atoms with E-state index in [1.807, 2.05) is 19.1 Å². The van der Waals surface area contributed by atoms with Crippen LogP contribution in [0.4, 0.5) is 5.69 Å². The van der Waals surface area contributed by atoms with Gasteiger partial charge < -0.3 is 10.1 Å². The summed E-state index contributed by atoms with van der Waals surface area (Å²) in [7, 11) is -3.73. The van der Waals surface area contributed by atoms with Gasteiger partial charge in [-0.3, -0.25) is 14.4 Å². The Morgan fingerprint density at radius 1 is 1.00 bits per heavy atom. The Kier molecular flexibility index (Phi) is 7.36. The second-order valence-electron chi connectivity index (χ2n) is 9.01. The second-order valence-corrected chi connectivity index (χ2v) is 10.7. The van der Waals surface area contributed by atoms with Crippen molar-refractivity contribution in [2.75, 3.05) is 37.6 Å². The van der Waals surface area contributed by atoms with Crippen LogP contribution in [-0.4, -0.2) is 57.6 Å². The molecule has 178 valence electrons. The third-order valence-electron chi connectivity index (χ3n) is 6.86. The van der Waals surface area contributed by atoms with Crippen LogP contribution in [0.5, 0.6) is 0 Å². The Morgan fingerprint density at radius 2 is 1.67 bits per heavy atom. The molecule has 1 aliphatic carbocycles. The maximum atomic E-state index is 12.9. The van der Waals surface area contributed by atoms with Crippen molar-refractivity contribution < 1.29 is 17.9 Å². The smallest absolute Gasteiger partial charge is 0.261 e. The van der Waals surface area contributed by atoms with E-state index in [0.29, 0.717) is 17.8 Å². The van der Waals surface area contributed by atoms with Crippen molar-refractivity contribution in [3.05, 3.63) is 59.7 Å². The number of aryl methyl sites for hydroxylation is 1. The van der Waals surface area contributed by atoms with Crippen molar-refractivity contribution in [2.24, 2.45) is 0 Å². The molecule has 0 unspecified atom stereocenters. The minimum atomic E-state index is -3.73. The van der Waals surface area contributed by atoms with Gasteiger partial charge in [0.25, 0.3) is 15.9 Å². The minimum absolute atomic E-state index is 0.0154. The predicted molar refractivity (Wildman–Crippen MR) is 129 cm³/mol. The summed E-state index contributed by atoms with van der Waals surface area (Å²) in [4.78, 5) is 15.5. The van der Waals surface area contributed by atoms with E-state index in [1.165, 1.54) is 31.4 Å². The zero-order valence-electron chi connectivity index (χ0n) is 19.2. The van der Waals surface area contributed by atoms with Crippen LogP contribution in [0.15, 0.2) is 53.4 Å². The molecule has 1 saturated carbocycles. The van der Waals surface area contributed by atoms with Gasteiger partial charge in [0, 0.05) is 30.7 Å². The number of ether oxygens (including phenoxy) is 1. The highest BCUT2D eigenvalue weighted by Gasteiger charge is 2.38. The number of amides is 1. The molecule has 2 aliphatic rings. The summed E-state index contributed by atoms with van der Waals surface area (Å²) in [5.41, 5.74) is 1.82. The number of nitrogens with one attached hydrogen (secondary N) is 2. The maximum Gasteiger partial charge on any atom is 0.261 e. The van der Waals surface area contributed by atoms with Crippen molar-refractivity contribution in [1.82, 2.24) is 10.2 Å². The number of morpholine rings is 1. The highest BCUT2D eigenvalue weighted by Crippen LogP contribution is 2.34. The zero-order chi connectivity index (χ0) is 23.3. The largest absolute Gasteiger partial charge is 0.379 e. The lowest BCUT2D eigenvalue weighted by atomic mass is 9.79. The number of hydrogen-bond acceptors (Lipinski definition) is 5. The lowest BCUT2D eigenvalue weighted by Gasteiger charge is -2.48. The van der Waals surface area contributed by atoms with Gasteiger partial charge in [-0.2, -0.15) is 0 Å². The van der Waals surface area contributed by atoms with Crippen LogP contribution in [0.2, 0.25) is 0 Å². The van der Waals surface area contributed by atoms with E-state index in [0.717, 1.165) is 44.7 Å². The molecule has 2 fully saturated rings. The Hall–Kier alpha value is -2.42. The number of carbonyl (C=O) groups is 1. The number of para-hydroxylation sites is 1. The number of hydrogen-bond donors (Lipinski definition) is 2. The summed E-state index contributed by atoms with van der Waals surface area (Å²) < 4.78 is 33.7. The summed E-state index contributed by atoms with van der Waals surface area (Å²) >= 11 is 0. The summed E-state index contributed by atoms with van der Waals surface area (Å²) in [5, 5.41) is 3.13. The average molecular weight is 472 g/mol. The molecule has 1 aliphatic heterocycles. The standard InChI is InChI=1S/C25H33N3O4S/c1-20-7-3-4-8-23(20)27-33(30,31)22-11-9-21(10-12-22)24(29)26-19-25(13-5-2-6-14-25)28-15-17-32-18-16-28/h3-4,7-12,27H,2,5-6,13-19H2,1H3,(H,26,29). The van der Waals surface area contributed by atoms with Crippen LogP contribution in [-0.2, 0) is 14.8 Å². The first kappa shape index (κ1) is 23.7. The van der Waals surface area contributed by atoms with E-state index in [1.54, 1.807) is 24.3 Å². The fourth-order valence-corrected chi connectivity index (χ4v) is 6.01. The van der Waals surface area contributed by atoms with Crippen LogP contribution < -0.4 is 10.0 Å². The first-order chi connectivity index (χ1) is 15.9. The highest BCUT2D eigenvalue weighted by molar-refractivity contribution is 7.92. The van der Waals surface area contributed by atoms with Crippen LogP contribution in [0.25, 0.3) is 0 Å². The number of carbonyl (C=O) groups excluding carboxylic acids is 1. The first-order valence-electron chi connectivity index (χ1n) is 11.7. The normalized spacial score (nSPS) is 19.1. The van der Waals surface area contributed by atoms with Gasteiger partial charge in [-0.05, 0) is 55.7 Å². The molecule has 0 atom stereocenters. The molecule has 0 spiro atoms. The number of anilines is 1. The molecule has 1 saturated heterocycles. The molecule has 4 rings (SSSR count). The Morgan fingerprint density at radius 3 is 2.33 bits per heavy atom. The van der Waals surface area contributed by atoms with Crippen molar-refractivity contribution in [1.29, 1.82) is 0 Å². The molecular weight excluding hydrogens is 438 g/mol. The van der Waals surface area contributed by atoms with Crippen LogP contribution in [0.3, 0.4) is 0 Å². The maximum absolute atomic E-state index is 12.9. The SMILES string of the molecule is Cc1ccccc1NS(=O)(=O)c1ccc(C(=O)NCC2(N3CCOCC3)CCCCC2)cc1. The van der Waals surface area contributed by atoms with E-state index < -0.39 is 10.0 Å². The molecule has 1 amide bonds. The summed E-state index contributed by atoms with van der Waals surface area (Å²) in [5.74, 6) is -0.177. The molecular formula is C25H33N3O4S. The van der Waals surface area contributed by atoms with Gasteiger partial charge in [0.1, 0.15) is 0 Å². The Balaban J connectivity index is 1.42. The van der Waals surface area contributed by atoms with Gasteiger partial charge >= 0.3 is 0 Å². The molecule has 0 radical (unpaired) electrons. The number of rotatable bonds is 7. The fourth-order valence-electron chi connectivity index (χ4n) is 4.88. The van der Waals surface area contributed by atoms with Crippen LogP contribution in [0.1, 0.15) is 48.0 Å². The first-order valence-corrected chi connectivity index (χ1v) is 13.2. The molecule has 7 nitrogen and oxygen atoms in total. The van der Waals surface area contributed by atoms with Gasteiger partial charge in [-0.15, -0.1) is 0 Å². The van der Waals surface area contributed by atoms with E-state index >= 15 is 0 Å². The molecule has 0 bridgehead atoms. The van der Waals surface area contributed by atoms with Gasteiger partial charge in [-0.1, -0.05) is 37.5 Å². The summed E-state index contributed by atoms with van der Waals surface area (Å²) in [6.45, 7) is 5.72. The molecule has 2 aromatic carbocycles. The van der Waals surface area contributed by atoms with Crippen LogP contribution in [0, 0.1) is 6.92 Å². The molecule has 33 heavy (non-hydrogen) atoms. The molecule has 1 heterocycles.